The van der Waals surface area contributed by atoms with Crippen molar-refractivity contribution in [2.75, 3.05) is 11.1 Å². The standard InChI is InChI=1S/C17H20FNO3S/c1-12(20)23-10-6-5-7-13-8-9-15(14(18)11-13)19-16(21)22-17(2,3)4/h8-9,11H,6,10H2,1-4H3,(H,19,21). The molecular weight excluding hydrogens is 317 g/mol. The first-order chi connectivity index (χ1) is 10.7. The van der Waals surface area contributed by atoms with Gasteiger partial charge in [0.15, 0.2) is 5.12 Å². The normalized spacial score (nSPS) is 10.5. The zero-order valence-corrected chi connectivity index (χ0v) is 14.5. The fraction of sp³-hybridized carbons (Fsp3) is 0.412. The third-order valence-electron chi connectivity index (χ3n) is 2.37. The molecule has 1 aromatic carbocycles. The third-order valence-corrected chi connectivity index (χ3v) is 3.18. The lowest BCUT2D eigenvalue weighted by molar-refractivity contribution is -0.109. The van der Waals surface area contributed by atoms with Crippen LogP contribution in [0.4, 0.5) is 14.9 Å². The molecule has 124 valence electrons. The Hall–Kier alpha value is -2.00. The van der Waals surface area contributed by atoms with Gasteiger partial charge in [0, 0.05) is 24.7 Å². The van der Waals surface area contributed by atoms with Crippen LogP contribution in [0.3, 0.4) is 0 Å². The van der Waals surface area contributed by atoms with Gasteiger partial charge in [-0.3, -0.25) is 10.1 Å². The smallest absolute Gasteiger partial charge is 0.412 e. The summed E-state index contributed by atoms with van der Waals surface area (Å²) in [6.45, 7) is 6.69. The van der Waals surface area contributed by atoms with Crippen LogP contribution >= 0.6 is 11.8 Å². The SMILES string of the molecule is CC(=O)SCCC#Cc1ccc(NC(=O)OC(C)(C)C)c(F)c1. The topological polar surface area (TPSA) is 55.4 Å². The van der Waals surface area contributed by atoms with Crippen molar-refractivity contribution in [3.05, 3.63) is 29.6 Å². The van der Waals surface area contributed by atoms with E-state index in [4.69, 9.17) is 4.74 Å². The Balaban J connectivity index is 2.63. The molecule has 0 fully saturated rings. The number of anilines is 1. The van der Waals surface area contributed by atoms with E-state index >= 15 is 0 Å². The average Bonchev–Trinajstić information content (AvgIpc) is 2.39. The number of carbonyl (C=O) groups excluding carboxylic acids is 2. The molecule has 0 saturated carbocycles. The maximum Gasteiger partial charge on any atom is 0.412 e. The van der Waals surface area contributed by atoms with E-state index in [1.165, 1.54) is 30.8 Å². The second-order valence-electron chi connectivity index (χ2n) is 5.71. The van der Waals surface area contributed by atoms with Crippen LogP contribution in [0, 0.1) is 17.7 Å². The molecule has 0 aliphatic heterocycles. The van der Waals surface area contributed by atoms with E-state index in [0.29, 0.717) is 17.7 Å². The van der Waals surface area contributed by atoms with Gasteiger partial charge in [0.2, 0.25) is 0 Å². The van der Waals surface area contributed by atoms with E-state index in [2.05, 4.69) is 17.2 Å². The van der Waals surface area contributed by atoms with Crippen LogP contribution in [0.5, 0.6) is 0 Å². The summed E-state index contributed by atoms with van der Waals surface area (Å²) in [5.74, 6) is 5.72. The number of amides is 1. The first kappa shape index (κ1) is 19.0. The molecule has 1 amide bonds. The molecule has 0 bridgehead atoms. The molecule has 1 aromatic rings. The summed E-state index contributed by atoms with van der Waals surface area (Å²) in [5, 5.41) is 2.41. The van der Waals surface area contributed by atoms with Gasteiger partial charge in [-0.2, -0.15) is 0 Å². The molecule has 6 heteroatoms. The molecular formula is C17H20FNO3S. The summed E-state index contributed by atoms with van der Waals surface area (Å²) in [7, 11) is 0. The molecule has 0 saturated heterocycles. The minimum Gasteiger partial charge on any atom is -0.444 e. The Bertz CT molecular complexity index is 641. The molecule has 0 aliphatic rings. The minimum atomic E-state index is -0.712. The largest absolute Gasteiger partial charge is 0.444 e. The summed E-state index contributed by atoms with van der Waals surface area (Å²) in [4.78, 5) is 22.4. The quantitative estimate of drug-likeness (QED) is 0.663. The molecule has 0 aliphatic carbocycles. The van der Waals surface area contributed by atoms with Gasteiger partial charge < -0.3 is 4.74 Å². The van der Waals surface area contributed by atoms with Crippen molar-refractivity contribution < 1.29 is 18.7 Å². The van der Waals surface area contributed by atoms with Gasteiger partial charge in [-0.15, -0.1) is 0 Å². The van der Waals surface area contributed by atoms with Crippen LogP contribution in [0.25, 0.3) is 0 Å². The maximum absolute atomic E-state index is 13.9. The van der Waals surface area contributed by atoms with Crippen LogP contribution in [0.1, 0.15) is 39.7 Å². The molecule has 4 nitrogen and oxygen atoms in total. The zero-order valence-electron chi connectivity index (χ0n) is 13.7. The highest BCUT2D eigenvalue weighted by Gasteiger charge is 2.17. The molecule has 0 unspecified atom stereocenters. The first-order valence-corrected chi connectivity index (χ1v) is 8.08. The van der Waals surface area contributed by atoms with Crippen molar-refractivity contribution in [2.45, 2.75) is 39.7 Å². The van der Waals surface area contributed by atoms with Crippen LogP contribution in [0.15, 0.2) is 18.2 Å². The van der Waals surface area contributed by atoms with E-state index in [1.54, 1.807) is 26.8 Å². The number of nitrogens with one attached hydrogen (secondary N) is 1. The van der Waals surface area contributed by atoms with Gasteiger partial charge in [-0.05, 0) is 39.0 Å². The van der Waals surface area contributed by atoms with E-state index in [9.17, 15) is 14.0 Å². The Morgan fingerprint density at radius 3 is 2.61 bits per heavy atom. The van der Waals surface area contributed by atoms with Gasteiger partial charge in [-0.1, -0.05) is 23.6 Å². The number of thioether (sulfide) groups is 1. The molecule has 0 heterocycles. The van der Waals surface area contributed by atoms with Crippen molar-refractivity contribution in [1.29, 1.82) is 0 Å². The summed E-state index contributed by atoms with van der Waals surface area (Å²) in [6.07, 6.45) is -0.166. The van der Waals surface area contributed by atoms with E-state index in [-0.39, 0.29) is 10.8 Å². The number of hydrogen-bond donors (Lipinski definition) is 1. The summed E-state index contributed by atoms with van der Waals surface area (Å²) in [6, 6.07) is 4.30. The summed E-state index contributed by atoms with van der Waals surface area (Å²) < 4.78 is 19.0. The average molecular weight is 337 g/mol. The van der Waals surface area contributed by atoms with Gasteiger partial charge in [0.1, 0.15) is 11.4 Å². The molecule has 0 aromatic heterocycles. The molecule has 0 radical (unpaired) electrons. The molecule has 23 heavy (non-hydrogen) atoms. The monoisotopic (exact) mass is 337 g/mol. The number of hydrogen-bond acceptors (Lipinski definition) is 4. The molecule has 1 N–H and O–H groups in total. The van der Waals surface area contributed by atoms with Crippen molar-refractivity contribution >= 4 is 28.7 Å². The zero-order chi connectivity index (χ0) is 17.5. The van der Waals surface area contributed by atoms with Crippen LogP contribution in [0.2, 0.25) is 0 Å². The predicted octanol–water partition coefficient (Wildman–Crippen LogP) is 4.19. The number of halogens is 1. The first-order valence-electron chi connectivity index (χ1n) is 7.09. The van der Waals surface area contributed by atoms with Crippen molar-refractivity contribution in [2.24, 2.45) is 0 Å². The molecule has 1 rings (SSSR count). The Labute approximate surface area is 140 Å². The lowest BCUT2D eigenvalue weighted by Crippen LogP contribution is -2.27. The summed E-state index contributed by atoms with van der Waals surface area (Å²) in [5.41, 5.74) is -0.105. The van der Waals surface area contributed by atoms with E-state index in [1.807, 2.05) is 0 Å². The van der Waals surface area contributed by atoms with Crippen LogP contribution < -0.4 is 5.32 Å². The number of rotatable bonds is 3. The maximum atomic E-state index is 13.9. The van der Waals surface area contributed by atoms with Crippen molar-refractivity contribution in [3.8, 4) is 11.8 Å². The fourth-order valence-electron chi connectivity index (χ4n) is 1.52. The molecule has 0 spiro atoms. The number of benzene rings is 1. The Morgan fingerprint density at radius 1 is 1.35 bits per heavy atom. The highest BCUT2D eigenvalue weighted by atomic mass is 32.2. The van der Waals surface area contributed by atoms with E-state index in [0.717, 1.165) is 0 Å². The lowest BCUT2D eigenvalue weighted by atomic mass is 10.2. The summed E-state index contributed by atoms with van der Waals surface area (Å²) >= 11 is 1.21. The third kappa shape index (κ3) is 8.27. The van der Waals surface area contributed by atoms with Crippen molar-refractivity contribution in [3.63, 3.8) is 0 Å². The minimum absolute atomic E-state index is 0.0388. The van der Waals surface area contributed by atoms with Crippen molar-refractivity contribution in [1.82, 2.24) is 0 Å². The van der Waals surface area contributed by atoms with E-state index < -0.39 is 17.5 Å². The Morgan fingerprint density at radius 2 is 2.04 bits per heavy atom. The fourth-order valence-corrected chi connectivity index (χ4v) is 2.01. The molecule has 0 atom stereocenters. The van der Waals surface area contributed by atoms with Gasteiger partial charge >= 0.3 is 6.09 Å². The van der Waals surface area contributed by atoms with Gasteiger partial charge in [0.25, 0.3) is 0 Å². The predicted molar refractivity (Wildman–Crippen MR) is 90.9 cm³/mol. The second-order valence-corrected chi connectivity index (χ2v) is 6.99. The van der Waals surface area contributed by atoms with Crippen LogP contribution in [-0.2, 0) is 9.53 Å². The van der Waals surface area contributed by atoms with Gasteiger partial charge in [0.05, 0.1) is 5.69 Å². The number of carbonyl (C=O) groups is 2. The highest BCUT2D eigenvalue weighted by Crippen LogP contribution is 2.17. The van der Waals surface area contributed by atoms with Crippen LogP contribution in [-0.4, -0.2) is 22.6 Å². The van der Waals surface area contributed by atoms with Gasteiger partial charge in [-0.25, -0.2) is 9.18 Å². The number of ether oxygens (including phenoxy) is 1. The Kier molecular flexibility index (Phi) is 7.11. The lowest BCUT2D eigenvalue weighted by Gasteiger charge is -2.19. The second kappa shape index (κ2) is 8.59. The highest BCUT2D eigenvalue weighted by molar-refractivity contribution is 8.13.